The molecule has 2 aromatic rings. The lowest BCUT2D eigenvalue weighted by Crippen LogP contribution is -2.32. The largest absolute Gasteiger partial charge is 0.497 e. The number of nitrogens with one attached hydrogen (secondary N) is 1. The molecule has 1 heterocycles. The smallest absolute Gasteiger partial charge is 0.255 e. The third kappa shape index (κ3) is 3.00. The fourth-order valence-electron chi connectivity index (χ4n) is 5.02. The van der Waals surface area contributed by atoms with Crippen molar-refractivity contribution in [3.8, 4) is 11.5 Å². The maximum Gasteiger partial charge on any atom is 0.255 e. The molecule has 4 atom stereocenters. The second-order valence-electron chi connectivity index (χ2n) is 8.08. The van der Waals surface area contributed by atoms with Crippen molar-refractivity contribution >= 4 is 29.1 Å². The van der Waals surface area contributed by atoms with E-state index in [-0.39, 0.29) is 41.4 Å². The number of allylic oxidation sites excluding steroid dienone is 2. The predicted molar refractivity (Wildman–Crippen MR) is 114 cm³/mol. The molecule has 0 unspecified atom stereocenters. The first-order valence-corrected chi connectivity index (χ1v) is 10.2. The summed E-state index contributed by atoms with van der Waals surface area (Å²) in [6.45, 7) is 0. The number of anilines is 2. The SMILES string of the molecule is COc1ccc(OC)c(NC(=O)c2ccc(N3C(=O)[C@@H]4[C@H](C3=O)[C@@H]3C=C[C@H]4C3)cc2)c1. The fraction of sp³-hybridized carbons (Fsp3) is 0.292. The molecule has 1 aliphatic heterocycles. The topological polar surface area (TPSA) is 84.9 Å². The van der Waals surface area contributed by atoms with Crippen molar-refractivity contribution < 1.29 is 23.9 Å². The van der Waals surface area contributed by atoms with Gasteiger partial charge in [0.25, 0.3) is 5.91 Å². The molecule has 3 amide bonds. The highest BCUT2D eigenvalue weighted by Gasteiger charge is 2.59. The second kappa shape index (κ2) is 7.27. The number of hydrogen-bond acceptors (Lipinski definition) is 5. The lowest BCUT2D eigenvalue weighted by Gasteiger charge is -2.17. The molecule has 1 N–H and O–H groups in total. The average Bonchev–Trinajstić information content (AvgIpc) is 3.47. The number of fused-ring (bicyclic) bond motifs is 5. The Hall–Kier alpha value is -3.61. The highest BCUT2D eigenvalue weighted by molar-refractivity contribution is 6.23. The third-order valence-electron chi connectivity index (χ3n) is 6.51. The number of methoxy groups -OCH3 is 2. The molecule has 7 heteroatoms. The molecule has 2 aliphatic carbocycles. The van der Waals surface area contributed by atoms with Crippen LogP contribution in [0.15, 0.2) is 54.6 Å². The minimum atomic E-state index is -0.337. The van der Waals surface area contributed by atoms with Crippen LogP contribution in [0.5, 0.6) is 11.5 Å². The highest BCUT2D eigenvalue weighted by Crippen LogP contribution is 2.53. The monoisotopic (exact) mass is 418 g/mol. The van der Waals surface area contributed by atoms with Crippen molar-refractivity contribution in [2.75, 3.05) is 24.4 Å². The molecule has 3 aliphatic rings. The van der Waals surface area contributed by atoms with Crippen LogP contribution in [0.2, 0.25) is 0 Å². The number of amides is 3. The summed E-state index contributed by atoms with van der Waals surface area (Å²) in [6, 6.07) is 11.6. The van der Waals surface area contributed by atoms with Gasteiger partial charge >= 0.3 is 0 Å². The molecule has 2 aromatic carbocycles. The molecule has 158 valence electrons. The summed E-state index contributed by atoms with van der Waals surface area (Å²) in [6.07, 6.45) is 5.04. The van der Waals surface area contributed by atoms with E-state index in [1.807, 2.05) is 0 Å². The van der Waals surface area contributed by atoms with E-state index in [9.17, 15) is 14.4 Å². The van der Waals surface area contributed by atoms with Crippen molar-refractivity contribution in [1.82, 2.24) is 0 Å². The molecule has 0 radical (unpaired) electrons. The lowest BCUT2D eigenvalue weighted by atomic mass is 9.85. The first kappa shape index (κ1) is 19.4. The van der Waals surface area contributed by atoms with E-state index in [0.29, 0.717) is 28.4 Å². The molecule has 2 fully saturated rings. The Morgan fingerprint density at radius 2 is 1.58 bits per heavy atom. The standard InChI is InChI=1S/C24H22N2O5/c1-30-17-9-10-19(31-2)18(12-17)25-22(27)13-5-7-16(8-6-13)26-23(28)20-14-3-4-15(11-14)21(20)24(26)29/h3-10,12,14-15,20-21H,11H2,1-2H3,(H,25,27)/t14-,15+,20-,21+. The van der Waals surface area contributed by atoms with Crippen LogP contribution in [0, 0.1) is 23.7 Å². The highest BCUT2D eigenvalue weighted by atomic mass is 16.5. The average molecular weight is 418 g/mol. The van der Waals surface area contributed by atoms with Crippen LogP contribution < -0.4 is 19.7 Å². The van der Waals surface area contributed by atoms with Gasteiger partial charge < -0.3 is 14.8 Å². The summed E-state index contributed by atoms with van der Waals surface area (Å²) in [5, 5.41) is 2.81. The van der Waals surface area contributed by atoms with Crippen LogP contribution in [-0.2, 0) is 9.59 Å². The molecule has 0 spiro atoms. The normalized spacial score (nSPS) is 25.7. The van der Waals surface area contributed by atoms with Gasteiger partial charge in [-0.05, 0) is 54.7 Å². The van der Waals surface area contributed by atoms with Gasteiger partial charge in [0.15, 0.2) is 0 Å². The van der Waals surface area contributed by atoms with E-state index >= 15 is 0 Å². The number of ether oxygens (including phenoxy) is 2. The summed E-state index contributed by atoms with van der Waals surface area (Å²) >= 11 is 0. The fourth-order valence-corrected chi connectivity index (χ4v) is 5.02. The van der Waals surface area contributed by atoms with Gasteiger partial charge in [-0.15, -0.1) is 0 Å². The van der Waals surface area contributed by atoms with Crippen LogP contribution in [-0.4, -0.2) is 31.9 Å². The van der Waals surface area contributed by atoms with Crippen molar-refractivity contribution in [2.24, 2.45) is 23.7 Å². The van der Waals surface area contributed by atoms with Crippen molar-refractivity contribution in [2.45, 2.75) is 6.42 Å². The molecule has 1 saturated heterocycles. The van der Waals surface area contributed by atoms with Gasteiger partial charge in [-0.3, -0.25) is 19.3 Å². The van der Waals surface area contributed by atoms with Gasteiger partial charge in [-0.25, -0.2) is 0 Å². The van der Waals surface area contributed by atoms with Gasteiger partial charge in [0.1, 0.15) is 11.5 Å². The van der Waals surface area contributed by atoms with E-state index in [4.69, 9.17) is 9.47 Å². The van der Waals surface area contributed by atoms with Gasteiger partial charge in [0, 0.05) is 11.6 Å². The molecule has 0 aromatic heterocycles. The van der Waals surface area contributed by atoms with E-state index in [2.05, 4.69) is 17.5 Å². The summed E-state index contributed by atoms with van der Waals surface area (Å²) in [5.74, 6) is 0.336. The Labute approximate surface area is 179 Å². The first-order valence-electron chi connectivity index (χ1n) is 10.2. The van der Waals surface area contributed by atoms with E-state index in [1.165, 1.54) is 12.0 Å². The summed E-state index contributed by atoms with van der Waals surface area (Å²) in [5.41, 5.74) is 1.38. The number of nitrogens with zero attached hydrogens (tertiary/aromatic N) is 1. The van der Waals surface area contributed by atoms with Crippen molar-refractivity contribution in [3.05, 3.63) is 60.2 Å². The Morgan fingerprint density at radius 3 is 2.16 bits per heavy atom. The second-order valence-corrected chi connectivity index (χ2v) is 8.08. The molecular formula is C24H22N2O5. The zero-order chi connectivity index (χ0) is 21.7. The Bertz CT molecular complexity index is 1080. The van der Waals surface area contributed by atoms with Crippen LogP contribution >= 0.6 is 0 Å². The Kier molecular flexibility index (Phi) is 4.54. The maximum atomic E-state index is 12.9. The summed E-state index contributed by atoms with van der Waals surface area (Å²) in [7, 11) is 3.07. The third-order valence-corrected chi connectivity index (χ3v) is 6.51. The van der Waals surface area contributed by atoms with E-state index < -0.39 is 0 Å². The predicted octanol–water partition coefficient (Wildman–Crippen LogP) is 3.27. The van der Waals surface area contributed by atoms with E-state index in [0.717, 1.165) is 6.42 Å². The van der Waals surface area contributed by atoms with Crippen molar-refractivity contribution in [3.63, 3.8) is 0 Å². The minimum absolute atomic E-state index is 0.134. The number of benzene rings is 2. The number of rotatable bonds is 5. The van der Waals surface area contributed by atoms with Crippen LogP contribution in [0.1, 0.15) is 16.8 Å². The van der Waals surface area contributed by atoms with Crippen molar-refractivity contribution in [1.29, 1.82) is 0 Å². The zero-order valence-corrected chi connectivity index (χ0v) is 17.2. The van der Waals surface area contributed by atoms with E-state index in [1.54, 1.807) is 49.6 Å². The van der Waals surface area contributed by atoms with Gasteiger partial charge in [-0.1, -0.05) is 12.2 Å². The number of hydrogen-bond donors (Lipinski definition) is 1. The number of imide groups is 1. The summed E-state index contributed by atoms with van der Waals surface area (Å²) < 4.78 is 10.5. The minimum Gasteiger partial charge on any atom is -0.497 e. The summed E-state index contributed by atoms with van der Waals surface area (Å²) in [4.78, 5) is 39.9. The van der Waals surface area contributed by atoms with Gasteiger partial charge in [-0.2, -0.15) is 0 Å². The van der Waals surface area contributed by atoms with Crippen LogP contribution in [0.3, 0.4) is 0 Å². The molecule has 7 nitrogen and oxygen atoms in total. The van der Waals surface area contributed by atoms with Gasteiger partial charge in [0.2, 0.25) is 11.8 Å². The van der Waals surface area contributed by atoms with Crippen LogP contribution in [0.25, 0.3) is 0 Å². The first-order chi connectivity index (χ1) is 15.0. The molecule has 2 bridgehead atoms. The van der Waals surface area contributed by atoms with Gasteiger partial charge in [0.05, 0.1) is 37.4 Å². The quantitative estimate of drug-likeness (QED) is 0.595. The molecule has 31 heavy (non-hydrogen) atoms. The molecule has 5 rings (SSSR count). The molecular weight excluding hydrogens is 396 g/mol. The lowest BCUT2D eigenvalue weighted by molar-refractivity contribution is -0.123. The molecule has 1 saturated carbocycles. The zero-order valence-electron chi connectivity index (χ0n) is 17.2. The number of carbonyl (C=O) groups excluding carboxylic acids is 3. The van der Waals surface area contributed by atoms with Crippen LogP contribution in [0.4, 0.5) is 11.4 Å². The maximum absolute atomic E-state index is 12.9. The Morgan fingerprint density at radius 1 is 0.935 bits per heavy atom. The Balaban J connectivity index is 1.35. The number of carbonyl (C=O) groups is 3.